The highest BCUT2D eigenvalue weighted by molar-refractivity contribution is 5.34. The second-order valence-electron chi connectivity index (χ2n) is 5.96. The van der Waals surface area contributed by atoms with Crippen molar-refractivity contribution in [3.05, 3.63) is 53.9 Å². The summed E-state index contributed by atoms with van der Waals surface area (Å²) in [6.45, 7) is 8.36. The molecule has 0 aliphatic rings. The summed E-state index contributed by atoms with van der Waals surface area (Å²) in [6.07, 6.45) is 2.17. The van der Waals surface area contributed by atoms with Gasteiger partial charge in [-0.2, -0.15) is 0 Å². The molecule has 0 fully saturated rings. The maximum Gasteiger partial charge on any atom is 0.145 e. The van der Waals surface area contributed by atoms with Crippen LogP contribution in [0.3, 0.4) is 0 Å². The predicted octanol–water partition coefficient (Wildman–Crippen LogP) is 4.61. The molecule has 1 aromatic carbocycles. The van der Waals surface area contributed by atoms with Crippen LogP contribution in [0, 0.1) is 0 Å². The molecule has 2 rings (SSSR count). The minimum absolute atomic E-state index is 0.180. The van der Waals surface area contributed by atoms with E-state index in [1.165, 1.54) is 5.56 Å². The summed E-state index contributed by atoms with van der Waals surface area (Å²) in [5, 5.41) is 9.43. The Kier molecular flexibility index (Phi) is 4.63. The van der Waals surface area contributed by atoms with Crippen molar-refractivity contribution in [3.63, 3.8) is 0 Å². The molecule has 3 nitrogen and oxygen atoms in total. The lowest BCUT2D eigenvalue weighted by Crippen LogP contribution is -2.14. The van der Waals surface area contributed by atoms with E-state index in [-0.39, 0.29) is 5.41 Å². The van der Waals surface area contributed by atoms with Gasteiger partial charge in [0.05, 0.1) is 18.0 Å². The average Bonchev–Trinajstić information content (AvgIpc) is 2.48. The Hall–Kier alpha value is -1.87. The van der Waals surface area contributed by atoms with Crippen LogP contribution in [-0.4, -0.2) is 10.1 Å². The maximum atomic E-state index is 9.43. The van der Waals surface area contributed by atoms with Crippen LogP contribution in [0.4, 0.5) is 0 Å². The highest BCUT2D eigenvalue weighted by Crippen LogP contribution is 2.29. The van der Waals surface area contributed by atoms with Crippen LogP contribution in [0.5, 0.6) is 11.5 Å². The Morgan fingerprint density at radius 3 is 2.19 bits per heavy atom. The second-order valence-corrected chi connectivity index (χ2v) is 5.96. The van der Waals surface area contributed by atoms with Crippen LogP contribution in [0.2, 0.25) is 0 Å². The van der Waals surface area contributed by atoms with Crippen LogP contribution >= 0.6 is 0 Å². The Morgan fingerprint density at radius 2 is 1.71 bits per heavy atom. The molecule has 0 aliphatic heterocycles. The number of aromatic nitrogens is 1. The molecule has 1 atom stereocenters. The van der Waals surface area contributed by atoms with E-state index in [4.69, 9.17) is 4.74 Å². The molecule has 1 heterocycles. The third kappa shape index (κ3) is 3.82. The Morgan fingerprint density at radius 1 is 1.10 bits per heavy atom. The quantitative estimate of drug-likeness (QED) is 0.872. The van der Waals surface area contributed by atoms with Crippen molar-refractivity contribution in [2.45, 2.75) is 45.6 Å². The summed E-state index contributed by atoms with van der Waals surface area (Å²) in [4.78, 5) is 4.17. The monoisotopic (exact) mass is 285 g/mol. The zero-order valence-electron chi connectivity index (χ0n) is 13.1. The van der Waals surface area contributed by atoms with E-state index in [9.17, 15) is 5.11 Å². The van der Waals surface area contributed by atoms with Crippen molar-refractivity contribution < 1.29 is 9.84 Å². The van der Waals surface area contributed by atoms with Crippen LogP contribution in [-0.2, 0) is 5.41 Å². The lowest BCUT2D eigenvalue weighted by Gasteiger charge is -2.23. The molecule has 0 aliphatic carbocycles. The second kappa shape index (κ2) is 6.27. The number of nitrogens with zero attached hydrogens (tertiary/aromatic N) is 1. The number of rotatable bonds is 5. The molecule has 0 unspecified atom stereocenters. The predicted molar refractivity (Wildman–Crippen MR) is 84.7 cm³/mol. The fourth-order valence-corrected chi connectivity index (χ4v) is 2.01. The summed E-state index contributed by atoms with van der Waals surface area (Å²) < 4.78 is 5.77. The topological polar surface area (TPSA) is 42.4 Å². The minimum Gasteiger partial charge on any atom is -0.456 e. The van der Waals surface area contributed by atoms with Crippen LogP contribution in [0.1, 0.15) is 51.5 Å². The molecule has 21 heavy (non-hydrogen) atoms. The maximum absolute atomic E-state index is 9.43. The molecule has 1 aromatic heterocycles. The summed E-state index contributed by atoms with van der Waals surface area (Å²) in [7, 11) is 0. The Bertz CT molecular complexity index is 571. The van der Waals surface area contributed by atoms with Crippen LogP contribution in [0.25, 0.3) is 0 Å². The first-order valence-electron chi connectivity index (χ1n) is 7.35. The number of pyridine rings is 1. The van der Waals surface area contributed by atoms with Gasteiger partial charge in [0.1, 0.15) is 11.5 Å². The third-order valence-corrected chi connectivity index (χ3v) is 3.94. The van der Waals surface area contributed by atoms with Crippen molar-refractivity contribution in [2.24, 2.45) is 0 Å². The van der Waals surface area contributed by atoms with Gasteiger partial charge in [-0.3, -0.25) is 4.98 Å². The first-order chi connectivity index (χ1) is 9.92. The molecule has 1 N–H and O–H groups in total. The van der Waals surface area contributed by atoms with E-state index < -0.39 is 6.10 Å². The number of benzene rings is 1. The number of aliphatic hydroxyl groups excluding tert-OH is 1. The van der Waals surface area contributed by atoms with Crippen LogP contribution in [0.15, 0.2) is 42.6 Å². The van der Waals surface area contributed by atoms with Gasteiger partial charge in [0.2, 0.25) is 0 Å². The molecule has 0 spiro atoms. The van der Waals surface area contributed by atoms with Gasteiger partial charge in [0, 0.05) is 0 Å². The fourth-order valence-electron chi connectivity index (χ4n) is 2.01. The molecule has 0 bridgehead atoms. The summed E-state index contributed by atoms with van der Waals surface area (Å²) >= 11 is 0. The molecule has 0 radical (unpaired) electrons. The molecule has 2 aromatic rings. The van der Waals surface area contributed by atoms with Crippen molar-refractivity contribution in [2.75, 3.05) is 0 Å². The lowest BCUT2D eigenvalue weighted by atomic mass is 9.82. The van der Waals surface area contributed by atoms with Gasteiger partial charge in [-0.1, -0.05) is 32.9 Å². The van der Waals surface area contributed by atoms with Crippen molar-refractivity contribution in [1.29, 1.82) is 0 Å². The minimum atomic E-state index is -0.561. The van der Waals surface area contributed by atoms with E-state index in [1.54, 1.807) is 19.2 Å². The van der Waals surface area contributed by atoms with Gasteiger partial charge in [0.15, 0.2) is 0 Å². The van der Waals surface area contributed by atoms with Gasteiger partial charge >= 0.3 is 0 Å². The first kappa shape index (κ1) is 15.5. The lowest BCUT2D eigenvalue weighted by molar-refractivity contribution is 0.194. The van der Waals surface area contributed by atoms with Gasteiger partial charge in [-0.05, 0) is 48.6 Å². The van der Waals surface area contributed by atoms with E-state index in [2.05, 4.69) is 37.9 Å². The fraction of sp³-hybridized carbons (Fsp3) is 0.389. The highest BCUT2D eigenvalue weighted by atomic mass is 16.5. The average molecular weight is 285 g/mol. The van der Waals surface area contributed by atoms with E-state index >= 15 is 0 Å². The van der Waals surface area contributed by atoms with Crippen molar-refractivity contribution >= 4 is 0 Å². The largest absolute Gasteiger partial charge is 0.456 e. The number of aliphatic hydroxyl groups is 1. The van der Waals surface area contributed by atoms with Gasteiger partial charge in [-0.25, -0.2) is 0 Å². The Balaban J connectivity index is 2.10. The van der Waals surface area contributed by atoms with E-state index in [0.29, 0.717) is 11.4 Å². The van der Waals surface area contributed by atoms with E-state index in [0.717, 1.165) is 12.2 Å². The number of ether oxygens (including phenoxy) is 1. The van der Waals surface area contributed by atoms with Crippen molar-refractivity contribution in [1.82, 2.24) is 4.98 Å². The SMILES string of the molecule is CCC(C)(C)c1ccc(Oc2ccc([C@@H](C)O)nc2)cc1. The molecule has 3 heteroatoms. The molecule has 112 valence electrons. The smallest absolute Gasteiger partial charge is 0.145 e. The summed E-state index contributed by atoms with van der Waals surface area (Å²) in [6, 6.07) is 11.8. The molecule has 0 saturated carbocycles. The van der Waals surface area contributed by atoms with Crippen molar-refractivity contribution in [3.8, 4) is 11.5 Å². The van der Waals surface area contributed by atoms with Gasteiger partial charge in [0.25, 0.3) is 0 Å². The number of hydrogen-bond donors (Lipinski definition) is 1. The molecule has 0 saturated heterocycles. The van der Waals surface area contributed by atoms with Gasteiger partial charge < -0.3 is 9.84 Å². The molecular weight excluding hydrogens is 262 g/mol. The molecule has 0 amide bonds. The standard InChI is InChI=1S/C18H23NO2/c1-5-18(3,4)14-6-8-15(9-7-14)21-16-10-11-17(13(2)20)19-12-16/h6-13,20H,5H2,1-4H3/t13-/m1/s1. The number of hydrogen-bond acceptors (Lipinski definition) is 3. The van der Waals surface area contributed by atoms with Crippen LogP contribution < -0.4 is 4.74 Å². The summed E-state index contributed by atoms with van der Waals surface area (Å²) in [5.41, 5.74) is 2.13. The normalized spacial score (nSPS) is 13.0. The van der Waals surface area contributed by atoms with E-state index in [1.807, 2.05) is 18.2 Å². The third-order valence-electron chi connectivity index (χ3n) is 3.94. The first-order valence-corrected chi connectivity index (χ1v) is 7.35. The zero-order valence-corrected chi connectivity index (χ0v) is 13.1. The Labute approximate surface area is 126 Å². The van der Waals surface area contributed by atoms with Gasteiger partial charge in [-0.15, -0.1) is 0 Å². The zero-order chi connectivity index (χ0) is 15.5. The molecular formula is C18H23NO2. The summed E-state index contributed by atoms with van der Waals surface area (Å²) in [5.74, 6) is 1.46. The highest BCUT2D eigenvalue weighted by Gasteiger charge is 2.17.